The molecule has 5 heteroatoms. The number of nitrogens with one attached hydrogen (secondary N) is 1. The first-order valence-corrected chi connectivity index (χ1v) is 7.51. The lowest BCUT2D eigenvalue weighted by Gasteiger charge is -2.05. The summed E-state index contributed by atoms with van der Waals surface area (Å²) in [5.74, 6) is 0.289. The Balaban J connectivity index is 1.84. The average molecular weight is 312 g/mol. The molecule has 4 nitrogen and oxygen atoms in total. The Labute approximate surface area is 133 Å². The zero-order valence-electron chi connectivity index (χ0n) is 11.9. The Morgan fingerprint density at radius 3 is 2.45 bits per heavy atom. The molecular formula is C17H16N2O2S. The van der Waals surface area contributed by atoms with Gasteiger partial charge in [-0.05, 0) is 48.2 Å². The molecule has 2 N–H and O–H groups in total. The van der Waals surface area contributed by atoms with Crippen LogP contribution >= 0.6 is 12.6 Å². The van der Waals surface area contributed by atoms with Gasteiger partial charge in [0.2, 0.25) is 0 Å². The van der Waals surface area contributed by atoms with E-state index in [1.807, 2.05) is 30.3 Å². The van der Waals surface area contributed by atoms with Gasteiger partial charge in [0.05, 0.1) is 10.9 Å². The second-order valence-electron chi connectivity index (χ2n) is 5.19. The molecule has 0 saturated carbocycles. The van der Waals surface area contributed by atoms with Crippen LogP contribution < -0.4 is 5.56 Å². The normalized spacial score (nSPS) is 11.0. The lowest BCUT2D eigenvalue weighted by molar-refractivity contribution is 0.271. The first-order valence-electron chi connectivity index (χ1n) is 7.06. The van der Waals surface area contributed by atoms with Crippen LogP contribution in [0.1, 0.15) is 17.0 Å². The molecule has 0 fully saturated rings. The van der Waals surface area contributed by atoms with Crippen molar-refractivity contribution in [3.05, 3.63) is 69.8 Å². The van der Waals surface area contributed by atoms with Crippen LogP contribution in [0.5, 0.6) is 0 Å². The fourth-order valence-corrected chi connectivity index (χ4v) is 2.57. The second kappa shape index (κ2) is 6.34. The highest BCUT2D eigenvalue weighted by Gasteiger charge is 2.05. The van der Waals surface area contributed by atoms with Gasteiger partial charge in [0, 0.05) is 4.90 Å². The van der Waals surface area contributed by atoms with Crippen molar-refractivity contribution in [3.8, 4) is 0 Å². The van der Waals surface area contributed by atoms with Gasteiger partial charge in [-0.15, -0.1) is 12.6 Å². The molecule has 0 unspecified atom stereocenters. The Morgan fingerprint density at radius 1 is 1.05 bits per heavy atom. The molecule has 0 spiro atoms. The van der Waals surface area contributed by atoms with Crippen molar-refractivity contribution in [2.24, 2.45) is 0 Å². The van der Waals surface area contributed by atoms with E-state index in [4.69, 9.17) is 5.11 Å². The third kappa shape index (κ3) is 3.21. The average Bonchev–Trinajstić information content (AvgIpc) is 2.54. The summed E-state index contributed by atoms with van der Waals surface area (Å²) in [4.78, 5) is 19.7. The van der Waals surface area contributed by atoms with Crippen molar-refractivity contribution in [3.63, 3.8) is 0 Å². The quantitative estimate of drug-likeness (QED) is 0.649. The van der Waals surface area contributed by atoms with Crippen LogP contribution in [0.25, 0.3) is 10.9 Å². The molecule has 0 saturated heterocycles. The number of aliphatic hydroxyl groups excluding tert-OH is 1. The zero-order chi connectivity index (χ0) is 15.5. The molecule has 1 heterocycles. The highest BCUT2D eigenvalue weighted by atomic mass is 32.1. The SMILES string of the molecule is O=c1[nH]c(CO)nc2ccc(CCc3ccc(S)cc3)cc12. The topological polar surface area (TPSA) is 66.0 Å². The van der Waals surface area contributed by atoms with Crippen molar-refractivity contribution >= 4 is 23.5 Å². The summed E-state index contributed by atoms with van der Waals surface area (Å²) in [6.45, 7) is -0.270. The molecule has 112 valence electrons. The fraction of sp³-hybridized carbons (Fsp3) is 0.176. The maximum absolute atomic E-state index is 12.0. The number of fused-ring (bicyclic) bond motifs is 1. The number of hydrogen-bond donors (Lipinski definition) is 3. The van der Waals surface area contributed by atoms with Crippen molar-refractivity contribution in [1.82, 2.24) is 9.97 Å². The number of aromatic nitrogens is 2. The molecule has 3 aromatic rings. The number of aromatic amines is 1. The molecule has 0 aliphatic carbocycles. The smallest absolute Gasteiger partial charge is 0.258 e. The summed E-state index contributed by atoms with van der Waals surface area (Å²) in [5, 5.41) is 9.62. The number of nitrogens with zero attached hydrogens (tertiary/aromatic N) is 1. The monoisotopic (exact) mass is 312 g/mol. The number of rotatable bonds is 4. The lowest BCUT2D eigenvalue weighted by atomic mass is 10.0. The highest BCUT2D eigenvalue weighted by molar-refractivity contribution is 7.80. The third-order valence-corrected chi connectivity index (χ3v) is 3.91. The van der Waals surface area contributed by atoms with Crippen LogP contribution in [0.3, 0.4) is 0 Å². The summed E-state index contributed by atoms with van der Waals surface area (Å²) >= 11 is 4.27. The number of thiol groups is 1. The molecule has 22 heavy (non-hydrogen) atoms. The minimum Gasteiger partial charge on any atom is -0.388 e. The Kier molecular flexibility index (Phi) is 4.27. The predicted octanol–water partition coefficient (Wildman–Crippen LogP) is 2.49. The molecule has 0 bridgehead atoms. The van der Waals surface area contributed by atoms with E-state index in [9.17, 15) is 4.79 Å². The van der Waals surface area contributed by atoms with Crippen molar-refractivity contribution in [1.29, 1.82) is 0 Å². The van der Waals surface area contributed by atoms with E-state index in [2.05, 4.69) is 34.7 Å². The van der Waals surface area contributed by atoms with Gasteiger partial charge in [-0.25, -0.2) is 4.98 Å². The second-order valence-corrected chi connectivity index (χ2v) is 5.71. The van der Waals surface area contributed by atoms with Crippen molar-refractivity contribution in [2.75, 3.05) is 0 Å². The maximum atomic E-state index is 12.0. The molecule has 0 atom stereocenters. The van der Waals surface area contributed by atoms with E-state index in [0.717, 1.165) is 23.3 Å². The van der Waals surface area contributed by atoms with Crippen LogP contribution in [0, 0.1) is 0 Å². The van der Waals surface area contributed by atoms with Crippen LogP contribution in [-0.4, -0.2) is 15.1 Å². The molecule has 3 rings (SSSR count). The number of benzene rings is 2. The standard InChI is InChI=1S/C17H16N2O2S/c20-10-16-18-15-8-5-12(9-14(15)17(21)19-16)2-1-11-3-6-13(22)7-4-11/h3-9,20,22H,1-2,10H2,(H,18,19,21). The Bertz CT molecular complexity index is 857. The fourth-order valence-electron chi connectivity index (χ4n) is 2.42. The highest BCUT2D eigenvalue weighted by Crippen LogP contribution is 2.14. The third-order valence-electron chi connectivity index (χ3n) is 3.61. The summed E-state index contributed by atoms with van der Waals surface area (Å²) in [6.07, 6.45) is 1.75. The van der Waals surface area contributed by atoms with E-state index in [1.54, 1.807) is 0 Å². The number of aryl methyl sites for hydroxylation is 2. The zero-order valence-corrected chi connectivity index (χ0v) is 12.8. The van der Waals surface area contributed by atoms with Gasteiger partial charge in [-0.3, -0.25) is 4.79 Å². The van der Waals surface area contributed by atoms with Gasteiger partial charge in [-0.1, -0.05) is 18.2 Å². The van der Waals surface area contributed by atoms with Gasteiger partial charge in [0.15, 0.2) is 0 Å². The summed E-state index contributed by atoms with van der Waals surface area (Å²) < 4.78 is 0. The van der Waals surface area contributed by atoms with Crippen LogP contribution in [-0.2, 0) is 19.4 Å². The summed E-state index contributed by atoms with van der Waals surface area (Å²) in [6, 6.07) is 13.7. The molecule has 0 aliphatic rings. The van der Waals surface area contributed by atoms with Crippen LogP contribution in [0.2, 0.25) is 0 Å². The minimum absolute atomic E-state index is 0.213. The van der Waals surface area contributed by atoms with E-state index in [1.165, 1.54) is 5.56 Å². The van der Waals surface area contributed by atoms with Crippen LogP contribution in [0.15, 0.2) is 52.2 Å². The Hall–Kier alpha value is -2.11. The molecule has 2 aromatic carbocycles. The first-order chi connectivity index (χ1) is 10.7. The van der Waals surface area contributed by atoms with Crippen LogP contribution in [0.4, 0.5) is 0 Å². The molecule has 1 aromatic heterocycles. The minimum atomic E-state index is -0.270. The van der Waals surface area contributed by atoms with E-state index in [-0.39, 0.29) is 18.0 Å². The molecule has 0 aliphatic heterocycles. The number of hydrogen-bond acceptors (Lipinski definition) is 4. The summed E-state index contributed by atoms with van der Waals surface area (Å²) in [7, 11) is 0. The van der Waals surface area contributed by atoms with E-state index < -0.39 is 0 Å². The predicted molar refractivity (Wildman–Crippen MR) is 89.4 cm³/mol. The summed E-state index contributed by atoms with van der Waals surface area (Å²) in [5.41, 5.74) is 2.72. The van der Waals surface area contributed by atoms with E-state index in [0.29, 0.717) is 10.9 Å². The number of H-pyrrole nitrogens is 1. The molecular weight excluding hydrogens is 296 g/mol. The number of aliphatic hydroxyl groups is 1. The van der Waals surface area contributed by atoms with Gasteiger partial charge in [-0.2, -0.15) is 0 Å². The first kappa shape index (κ1) is 14.8. The van der Waals surface area contributed by atoms with Crippen molar-refractivity contribution in [2.45, 2.75) is 24.3 Å². The lowest BCUT2D eigenvalue weighted by Crippen LogP contribution is -2.12. The molecule has 0 amide bonds. The van der Waals surface area contributed by atoms with Gasteiger partial charge < -0.3 is 10.1 Å². The largest absolute Gasteiger partial charge is 0.388 e. The van der Waals surface area contributed by atoms with Crippen molar-refractivity contribution < 1.29 is 5.11 Å². The van der Waals surface area contributed by atoms with E-state index >= 15 is 0 Å². The van der Waals surface area contributed by atoms with Gasteiger partial charge in [0.25, 0.3) is 5.56 Å². The molecule has 0 radical (unpaired) electrons. The Morgan fingerprint density at radius 2 is 1.73 bits per heavy atom. The maximum Gasteiger partial charge on any atom is 0.258 e. The van der Waals surface area contributed by atoms with Gasteiger partial charge >= 0.3 is 0 Å². The van der Waals surface area contributed by atoms with Gasteiger partial charge in [0.1, 0.15) is 12.4 Å².